The number of amides is 1. The molecule has 1 aliphatic rings. The third-order valence-corrected chi connectivity index (χ3v) is 5.35. The Bertz CT molecular complexity index is 669. The molecule has 0 radical (unpaired) electrons. The summed E-state index contributed by atoms with van der Waals surface area (Å²) >= 11 is 1.16. The van der Waals surface area contributed by atoms with Crippen LogP contribution in [0.4, 0.5) is 0 Å². The molecule has 1 aromatic carbocycles. The second-order valence-electron chi connectivity index (χ2n) is 7.91. The summed E-state index contributed by atoms with van der Waals surface area (Å²) in [5.41, 5.74) is 0.468. The molecule has 1 heterocycles. The zero-order valence-corrected chi connectivity index (χ0v) is 17.4. The average Bonchev–Trinajstić information content (AvgIpc) is 3.07. The van der Waals surface area contributed by atoms with Crippen LogP contribution in [-0.4, -0.2) is 45.8 Å². The zero-order valence-electron chi connectivity index (χ0n) is 16.6. The fourth-order valence-corrected chi connectivity index (χ4v) is 3.91. The fourth-order valence-electron chi connectivity index (χ4n) is 3.21. The Kier molecular flexibility index (Phi) is 7.48. The maximum Gasteiger partial charge on any atom is 0.329 e. The lowest BCUT2D eigenvalue weighted by Crippen LogP contribution is -2.46. The number of benzene rings is 1. The van der Waals surface area contributed by atoms with Gasteiger partial charge in [0.2, 0.25) is 5.91 Å². The molecule has 0 aliphatic carbocycles. The molecule has 0 saturated carbocycles. The maximum atomic E-state index is 13.2. The molecule has 1 saturated heterocycles. The van der Waals surface area contributed by atoms with Crippen molar-refractivity contribution in [2.45, 2.75) is 58.6 Å². The maximum absolute atomic E-state index is 13.2. The molecule has 0 aromatic heterocycles. The van der Waals surface area contributed by atoms with Gasteiger partial charge in [-0.15, -0.1) is 0 Å². The molecule has 1 aliphatic heterocycles. The number of esters is 1. The molecule has 1 fully saturated rings. The summed E-state index contributed by atoms with van der Waals surface area (Å²) in [5.74, 6) is -0.336. The third-order valence-electron chi connectivity index (χ3n) is 4.38. The van der Waals surface area contributed by atoms with Crippen molar-refractivity contribution in [1.29, 1.82) is 0 Å². The second-order valence-corrected chi connectivity index (χ2v) is 9.11. The Balaban J connectivity index is 2.14. The van der Waals surface area contributed by atoms with Crippen LogP contribution in [0.3, 0.4) is 0 Å². The Hall–Kier alpha value is -1.82. The van der Waals surface area contributed by atoms with E-state index in [2.05, 4.69) is 0 Å². The van der Waals surface area contributed by atoms with Gasteiger partial charge in [0.05, 0.1) is 5.92 Å². The van der Waals surface area contributed by atoms with E-state index in [1.54, 1.807) is 4.90 Å². The van der Waals surface area contributed by atoms with Crippen molar-refractivity contribution in [3.05, 3.63) is 35.9 Å². The van der Waals surface area contributed by atoms with Crippen LogP contribution in [0.25, 0.3) is 0 Å². The molecule has 0 bridgehead atoms. The Labute approximate surface area is 165 Å². The van der Waals surface area contributed by atoms with Crippen LogP contribution < -0.4 is 0 Å². The molecule has 148 valence electrons. The molecule has 6 heteroatoms. The first-order valence-corrected chi connectivity index (χ1v) is 10.4. The molecule has 1 amide bonds. The predicted molar refractivity (Wildman–Crippen MR) is 107 cm³/mol. The number of carbonyl (C=O) groups excluding carboxylic acids is 3. The van der Waals surface area contributed by atoms with Gasteiger partial charge in [0, 0.05) is 19.2 Å². The highest BCUT2D eigenvalue weighted by Gasteiger charge is 2.39. The van der Waals surface area contributed by atoms with Crippen molar-refractivity contribution >= 4 is 28.8 Å². The lowest BCUT2D eigenvalue weighted by molar-refractivity contribution is -0.163. The van der Waals surface area contributed by atoms with E-state index in [-0.39, 0.29) is 22.9 Å². The Morgan fingerprint density at radius 2 is 1.89 bits per heavy atom. The van der Waals surface area contributed by atoms with Gasteiger partial charge in [-0.3, -0.25) is 9.59 Å². The average molecular weight is 392 g/mol. The van der Waals surface area contributed by atoms with E-state index in [0.29, 0.717) is 25.1 Å². The number of hydrogen-bond acceptors (Lipinski definition) is 5. The quantitative estimate of drug-likeness (QED) is 0.695. The Morgan fingerprint density at radius 3 is 2.48 bits per heavy atom. The standard InChI is InChI=1S/C21H29NO4S/c1-15(23)27-14-17(13-16-9-6-5-7-10-16)19(24)22-12-8-11-18(22)20(25)26-21(2,3)4/h5-7,9-10,17-18H,8,11-14H2,1-4H3/t17?,18-/m0/s1. The van der Waals surface area contributed by atoms with Crippen LogP contribution in [0.1, 0.15) is 46.1 Å². The van der Waals surface area contributed by atoms with Gasteiger partial charge in [0.25, 0.3) is 0 Å². The van der Waals surface area contributed by atoms with Gasteiger partial charge >= 0.3 is 5.97 Å². The SMILES string of the molecule is CC(=O)SCC(Cc1ccccc1)C(=O)N1CCC[C@H]1C(=O)OC(C)(C)C. The number of likely N-dealkylation sites (tertiary alicyclic amines) is 1. The lowest BCUT2D eigenvalue weighted by Gasteiger charge is -2.30. The highest BCUT2D eigenvalue weighted by molar-refractivity contribution is 8.13. The molecular weight excluding hydrogens is 362 g/mol. The topological polar surface area (TPSA) is 63.7 Å². The first-order chi connectivity index (χ1) is 12.7. The van der Waals surface area contributed by atoms with E-state index in [1.807, 2.05) is 51.1 Å². The van der Waals surface area contributed by atoms with Crippen molar-refractivity contribution in [3.63, 3.8) is 0 Å². The van der Waals surface area contributed by atoms with Gasteiger partial charge in [-0.05, 0) is 45.6 Å². The van der Waals surface area contributed by atoms with Crippen molar-refractivity contribution in [1.82, 2.24) is 4.90 Å². The predicted octanol–water partition coefficient (Wildman–Crippen LogP) is 3.46. The van der Waals surface area contributed by atoms with Crippen molar-refractivity contribution in [3.8, 4) is 0 Å². The molecule has 1 aromatic rings. The number of nitrogens with zero attached hydrogens (tertiary/aromatic N) is 1. The van der Waals surface area contributed by atoms with Gasteiger partial charge in [-0.1, -0.05) is 42.1 Å². The summed E-state index contributed by atoms with van der Waals surface area (Å²) in [5, 5.41) is -0.00836. The first-order valence-electron chi connectivity index (χ1n) is 9.38. The van der Waals surface area contributed by atoms with Gasteiger partial charge in [0.15, 0.2) is 5.12 Å². The monoisotopic (exact) mass is 391 g/mol. The molecule has 0 spiro atoms. The van der Waals surface area contributed by atoms with Gasteiger partial charge < -0.3 is 9.64 Å². The van der Waals surface area contributed by atoms with Crippen LogP contribution in [0.5, 0.6) is 0 Å². The van der Waals surface area contributed by atoms with Gasteiger partial charge in [-0.25, -0.2) is 4.79 Å². The highest BCUT2D eigenvalue weighted by Crippen LogP contribution is 2.26. The molecule has 2 atom stereocenters. The third kappa shape index (κ3) is 6.69. The summed E-state index contributed by atoms with van der Waals surface area (Å²) in [6.07, 6.45) is 1.96. The van der Waals surface area contributed by atoms with Gasteiger partial charge in [0.1, 0.15) is 11.6 Å². The second kappa shape index (κ2) is 9.40. The smallest absolute Gasteiger partial charge is 0.329 e. The number of carbonyl (C=O) groups is 3. The van der Waals surface area contributed by atoms with Crippen LogP contribution >= 0.6 is 11.8 Å². The lowest BCUT2D eigenvalue weighted by atomic mass is 9.99. The van der Waals surface area contributed by atoms with E-state index in [9.17, 15) is 14.4 Å². The van der Waals surface area contributed by atoms with E-state index >= 15 is 0 Å². The molecular formula is C21H29NO4S. The molecule has 27 heavy (non-hydrogen) atoms. The van der Waals surface area contributed by atoms with Crippen molar-refractivity contribution < 1.29 is 19.1 Å². The summed E-state index contributed by atoms with van der Waals surface area (Å²) in [4.78, 5) is 38.9. The summed E-state index contributed by atoms with van der Waals surface area (Å²) < 4.78 is 5.51. The fraction of sp³-hybridized carbons (Fsp3) is 0.571. The molecule has 5 nitrogen and oxygen atoms in total. The number of rotatable bonds is 6. The van der Waals surface area contributed by atoms with Gasteiger partial charge in [-0.2, -0.15) is 0 Å². The van der Waals surface area contributed by atoms with E-state index in [1.165, 1.54) is 6.92 Å². The molecule has 1 unspecified atom stereocenters. The van der Waals surface area contributed by atoms with E-state index in [0.717, 1.165) is 23.7 Å². The highest BCUT2D eigenvalue weighted by atomic mass is 32.2. The minimum atomic E-state index is -0.581. The minimum absolute atomic E-state index is 0.00836. The summed E-state index contributed by atoms with van der Waals surface area (Å²) in [6, 6.07) is 9.24. The first kappa shape index (κ1) is 21.5. The summed E-state index contributed by atoms with van der Waals surface area (Å²) in [7, 11) is 0. The number of ether oxygens (including phenoxy) is 1. The largest absolute Gasteiger partial charge is 0.458 e. The van der Waals surface area contributed by atoms with E-state index in [4.69, 9.17) is 4.74 Å². The van der Waals surface area contributed by atoms with Crippen molar-refractivity contribution in [2.24, 2.45) is 5.92 Å². The van der Waals surface area contributed by atoms with E-state index < -0.39 is 11.6 Å². The number of hydrogen-bond donors (Lipinski definition) is 0. The molecule has 0 N–H and O–H groups in total. The van der Waals surface area contributed by atoms with Crippen LogP contribution in [0, 0.1) is 5.92 Å². The zero-order chi connectivity index (χ0) is 20.0. The summed E-state index contributed by atoms with van der Waals surface area (Å²) in [6.45, 7) is 7.54. The van der Waals surface area contributed by atoms with Crippen LogP contribution in [-0.2, 0) is 25.5 Å². The molecule has 2 rings (SSSR count). The van der Waals surface area contributed by atoms with Crippen molar-refractivity contribution in [2.75, 3.05) is 12.3 Å². The normalized spacial score (nSPS) is 18.2. The number of thioether (sulfide) groups is 1. The van der Waals surface area contributed by atoms with Crippen LogP contribution in [0.15, 0.2) is 30.3 Å². The Morgan fingerprint density at radius 1 is 1.22 bits per heavy atom. The minimum Gasteiger partial charge on any atom is -0.458 e. The van der Waals surface area contributed by atoms with Crippen LogP contribution in [0.2, 0.25) is 0 Å².